The van der Waals surface area contributed by atoms with Crippen molar-refractivity contribution in [2.24, 2.45) is 15.3 Å². The van der Waals surface area contributed by atoms with Crippen LogP contribution in [0.5, 0.6) is 0 Å². The number of para-hydroxylation sites is 2. The number of benzene rings is 5. The van der Waals surface area contributed by atoms with E-state index in [1.807, 2.05) is 0 Å². The van der Waals surface area contributed by atoms with E-state index in [0.717, 1.165) is 47.5 Å². The standard InChI is InChI=1S/C42H33Cl2N15O13S4.4Na/c1-19-7-3-5-9-24(19)48-41-52-37(43)50-39(54-41)46-22-11-13-28(73(61,62)63)26(17-22)56-58-34-30(75(67,68)69)15-21-16-31(76(70,71)72)35(36(60)32(21)33(34)45)59-57-27-18-23(12-14-29(27)74(64,65)66)47-40-51-38(44)53-42(55-40)49-25-10-6-4-8-20(25)2;;;;/h3-18,57H,45H2,1-2H3,(H,61,62,63)(H,64,65,66)(H,67,68,69)(H,70,71,72)(H2,46,48,50,52,54)(H2,47,49,51,53,55);;;;/q;4*+1/p-4/b58-56?,59-35+;;;;. The Morgan fingerprint density at radius 1 is 0.525 bits per heavy atom. The number of fused-ring (bicyclic) bond motifs is 1. The summed E-state index contributed by atoms with van der Waals surface area (Å²) in [5.41, 5.74) is 4.27. The minimum Gasteiger partial charge on any atom is -0.744 e. The van der Waals surface area contributed by atoms with Crippen molar-refractivity contribution in [3.63, 3.8) is 0 Å². The number of rotatable bonds is 16. The zero-order valence-electron chi connectivity index (χ0n) is 42.0. The van der Waals surface area contributed by atoms with E-state index < -0.39 is 105 Å². The molecule has 2 aromatic heterocycles. The van der Waals surface area contributed by atoms with Crippen LogP contribution in [0.1, 0.15) is 27.0 Å². The molecule has 0 saturated heterocycles. The molecule has 0 radical (unpaired) electrons. The number of anilines is 10. The van der Waals surface area contributed by atoms with Crippen molar-refractivity contribution in [3.8, 4) is 0 Å². The molecule has 392 valence electrons. The van der Waals surface area contributed by atoms with Crippen LogP contribution in [0.4, 0.5) is 69.3 Å². The Bertz CT molecular complexity index is 4180. The van der Waals surface area contributed by atoms with Crippen molar-refractivity contribution in [1.82, 2.24) is 29.9 Å². The molecule has 0 unspecified atom stereocenters. The van der Waals surface area contributed by atoms with Crippen molar-refractivity contribution < 1.29 is 175 Å². The predicted octanol–water partition coefficient (Wildman–Crippen LogP) is -5.77. The van der Waals surface area contributed by atoms with Crippen LogP contribution in [0.15, 0.2) is 126 Å². The molecule has 38 heteroatoms. The molecule has 0 bridgehead atoms. The van der Waals surface area contributed by atoms with Crippen molar-refractivity contribution >= 4 is 151 Å². The van der Waals surface area contributed by atoms with Gasteiger partial charge in [-0.05, 0) is 114 Å². The summed E-state index contributed by atoms with van der Waals surface area (Å²) in [4.78, 5) is 33.8. The molecule has 0 atom stereocenters. The smallest absolute Gasteiger partial charge is 0.744 e. The van der Waals surface area contributed by atoms with Crippen LogP contribution in [0.25, 0.3) is 6.08 Å². The number of carbonyl (C=O) groups is 1. The maximum absolute atomic E-state index is 14.3. The number of halogens is 2. The van der Waals surface area contributed by atoms with E-state index in [4.69, 9.17) is 28.9 Å². The molecule has 0 spiro atoms. The van der Waals surface area contributed by atoms with Gasteiger partial charge in [-0.25, -0.2) is 33.7 Å². The van der Waals surface area contributed by atoms with Gasteiger partial charge in [-0.2, -0.15) is 35.0 Å². The van der Waals surface area contributed by atoms with Gasteiger partial charge in [0.05, 0.1) is 36.5 Å². The van der Waals surface area contributed by atoms with Crippen LogP contribution < -0.4 is 151 Å². The van der Waals surface area contributed by atoms with E-state index in [1.165, 1.54) is 0 Å². The minimum atomic E-state index is -5.80. The Morgan fingerprint density at radius 3 is 1.44 bits per heavy atom. The van der Waals surface area contributed by atoms with Gasteiger partial charge in [0.15, 0.2) is 0 Å². The summed E-state index contributed by atoms with van der Waals surface area (Å²) in [6.07, 6.45) is 0.411. The number of nitrogens with one attached hydrogen (secondary N) is 5. The fourth-order valence-electron chi connectivity index (χ4n) is 6.95. The van der Waals surface area contributed by atoms with Crippen molar-refractivity contribution in [2.75, 3.05) is 32.4 Å². The molecule has 0 aliphatic heterocycles. The number of nitrogens with zero attached hydrogens (tertiary/aromatic N) is 9. The third kappa shape index (κ3) is 16.5. The first-order chi connectivity index (χ1) is 35.6. The molecule has 0 saturated carbocycles. The van der Waals surface area contributed by atoms with Gasteiger partial charge >= 0.3 is 118 Å². The number of nitrogen functional groups attached to an aromatic ring is 1. The number of hydrogen-bond acceptors (Lipinski definition) is 28. The number of carbonyl (C=O) groups excluding carboxylic acids is 1. The third-order valence-corrected chi connectivity index (χ3v) is 14.2. The zero-order valence-corrected chi connectivity index (χ0v) is 54.8. The topological polar surface area (TPSA) is 446 Å². The number of aromatic nitrogens is 6. The van der Waals surface area contributed by atoms with Gasteiger partial charge in [0, 0.05) is 22.7 Å². The second-order valence-corrected chi connectivity index (χ2v) is 21.6. The quantitative estimate of drug-likeness (QED) is 0.0173. The first-order valence-electron chi connectivity index (χ1n) is 20.8. The van der Waals surface area contributed by atoms with Crippen molar-refractivity contribution in [2.45, 2.75) is 28.5 Å². The minimum absolute atomic E-state index is 0. The monoisotopic (exact) mass is 1240 g/mol. The van der Waals surface area contributed by atoms with Gasteiger partial charge in [0.25, 0.3) is 0 Å². The molecule has 2 heterocycles. The molecular weight excluding hydrogens is 1210 g/mol. The van der Waals surface area contributed by atoms with Crippen molar-refractivity contribution in [3.05, 3.63) is 129 Å². The molecule has 7 aromatic rings. The number of nitrogens with two attached hydrogens (primary N) is 1. The van der Waals surface area contributed by atoms with E-state index in [1.54, 1.807) is 62.4 Å². The van der Waals surface area contributed by atoms with Gasteiger partial charge in [-0.15, -0.1) is 10.2 Å². The summed E-state index contributed by atoms with van der Waals surface area (Å²) in [7, 11) is -22.4. The summed E-state index contributed by atoms with van der Waals surface area (Å²) in [6.45, 7) is 3.61. The Hall–Kier alpha value is -4.18. The number of allylic oxidation sites excluding steroid dienone is 1. The SMILES string of the molecule is Cc1ccccc1Nc1nc(Cl)nc(Nc2ccc(S(=O)(=O)[O-])c(N=Nc3c(S(=O)(=O)[O-])cc4c(c3N)C(=O)/C(=N/Nc3cc(Nc5nc(Cl)nc(Nc6ccccc6C)n5)ccc3S(=O)(=O)[O-])C(S(=O)(=O)[O-])=C4)c2)n1.[Na+].[Na+].[Na+].[Na+]. The second kappa shape index (κ2) is 27.5. The van der Waals surface area contributed by atoms with E-state index >= 15 is 0 Å². The van der Waals surface area contributed by atoms with Gasteiger partial charge < -0.3 is 45.2 Å². The number of aryl methyl sites for hydroxylation is 2. The maximum atomic E-state index is 14.3. The molecule has 80 heavy (non-hydrogen) atoms. The summed E-state index contributed by atoms with van der Waals surface area (Å²) >= 11 is 12.3. The molecule has 5 aromatic carbocycles. The van der Waals surface area contributed by atoms with Gasteiger partial charge in [0.2, 0.25) is 40.1 Å². The molecule has 0 fully saturated rings. The Morgan fingerprint density at radius 2 is 0.975 bits per heavy atom. The number of azo groups is 1. The van der Waals surface area contributed by atoms with Crippen LogP contribution in [-0.4, -0.2) is 93.3 Å². The number of hydrazone groups is 1. The van der Waals surface area contributed by atoms with Crippen LogP contribution >= 0.6 is 23.2 Å². The first kappa shape index (κ1) is 68.3. The third-order valence-electron chi connectivity index (χ3n) is 10.4. The summed E-state index contributed by atoms with van der Waals surface area (Å²) in [6, 6.07) is 20.1. The molecule has 7 N–H and O–H groups in total. The molecule has 1 aliphatic carbocycles. The summed E-state index contributed by atoms with van der Waals surface area (Å²) in [5, 5.41) is 21.8. The van der Waals surface area contributed by atoms with Crippen LogP contribution in [0.3, 0.4) is 0 Å². The zero-order chi connectivity index (χ0) is 55.1. The maximum Gasteiger partial charge on any atom is 1.00 e. The number of ketones is 1. The molecule has 8 rings (SSSR count). The Labute approximate surface area is 553 Å². The Kier molecular flexibility index (Phi) is 23.5. The van der Waals surface area contributed by atoms with E-state index in [-0.39, 0.29) is 164 Å². The fourth-order valence-corrected chi connectivity index (χ4v) is 9.78. The molecule has 28 nitrogen and oxygen atoms in total. The van der Waals surface area contributed by atoms with Crippen LogP contribution in [0.2, 0.25) is 10.6 Å². The van der Waals surface area contributed by atoms with Crippen LogP contribution in [0, 0.1) is 13.8 Å². The summed E-state index contributed by atoms with van der Waals surface area (Å²) in [5.74, 6) is -2.12. The molecule has 1 aliphatic rings. The largest absolute Gasteiger partial charge is 1.00 e. The van der Waals surface area contributed by atoms with Gasteiger partial charge in [0.1, 0.15) is 57.6 Å². The Balaban J connectivity index is 0.00000344. The van der Waals surface area contributed by atoms with Gasteiger partial charge in [-0.1, -0.05) is 36.4 Å². The predicted molar refractivity (Wildman–Crippen MR) is 270 cm³/mol. The molecular formula is C42H29Cl2N15Na4O13S4. The normalized spacial score (nSPS) is 12.9. The average Bonchev–Trinajstić information content (AvgIpc) is 3.30. The van der Waals surface area contributed by atoms with Crippen molar-refractivity contribution in [1.29, 1.82) is 0 Å². The van der Waals surface area contributed by atoms with E-state index in [9.17, 15) is 56.7 Å². The second-order valence-electron chi connectivity index (χ2n) is 15.6. The number of Topliss-reactive ketones (excluding diaryl/α,β-unsaturated/α-hetero) is 1. The van der Waals surface area contributed by atoms with Crippen LogP contribution in [-0.2, 0) is 40.5 Å². The van der Waals surface area contributed by atoms with Gasteiger partial charge in [-0.3, -0.25) is 10.2 Å². The van der Waals surface area contributed by atoms with E-state index in [2.05, 4.69) is 71.9 Å². The fraction of sp³-hybridized carbons (Fsp3) is 0.0476. The average molecular weight is 1240 g/mol. The summed E-state index contributed by atoms with van der Waals surface area (Å²) < 4.78 is 151. The number of hydrogen-bond donors (Lipinski definition) is 6. The van der Waals surface area contributed by atoms with E-state index in [0.29, 0.717) is 23.5 Å². The first-order valence-corrected chi connectivity index (χ1v) is 27.1. The molecule has 0 amide bonds.